The lowest BCUT2D eigenvalue weighted by Gasteiger charge is -2.07. The van der Waals surface area contributed by atoms with Crippen molar-refractivity contribution in [1.29, 1.82) is 0 Å². The van der Waals surface area contributed by atoms with Crippen molar-refractivity contribution in [3.8, 4) is 11.5 Å². The van der Waals surface area contributed by atoms with Gasteiger partial charge in [0.15, 0.2) is 0 Å². The van der Waals surface area contributed by atoms with E-state index in [1.165, 1.54) is 0 Å². The van der Waals surface area contributed by atoms with Gasteiger partial charge in [-0.15, -0.1) is 5.10 Å². The van der Waals surface area contributed by atoms with Crippen molar-refractivity contribution in [3.05, 3.63) is 72.6 Å². The van der Waals surface area contributed by atoms with Gasteiger partial charge < -0.3 is 20.9 Å². The van der Waals surface area contributed by atoms with Crippen LogP contribution >= 0.6 is 0 Å². The minimum Gasteiger partial charge on any atom is -0.494 e. The van der Waals surface area contributed by atoms with E-state index in [2.05, 4.69) is 20.3 Å². The molecule has 0 aliphatic rings. The van der Waals surface area contributed by atoms with Gasteiger partial charge in [0.25, 0.3) is 0 Å². The predicted octanol–water partition coefficient (Wildman–Crippen LogP) is 4.02. The lowest BCUT2D eigenvalue weighted by Crippen LogP contribution is -2.05. The molecule has 0 bridgehead atoms. The number of hydrogen-bond donors (Lipinski definition) is 2. The molecule has 9 heteroatoms. The average molecular weight is 470 g/mol. The molecule has 0 fully saturated rings. The number of hydrogen-bond acceptors (Lipinski definition) is 8. The molecule has 3 aromatic heterocycles. The number of fused-ring (bicyclic) bond motifs is 2. The van der Waals surface area contributed by atoms with Crippen LogP contribution in [-0.4, -0.2) is 38.2 Å². The van der Waals surface area contributed by atoms with Crippen molar-refractivity contribution >= 4 is 33.4 Å². The molecular weight excluding hydrogens is 442 g/mol. The summed E-state index contributed by atoms with van der Waals surface area (Å²) in [5.74, 6) is 2.66. The zero-order valence-corrected chi connectivity index (χ0v) is 19.3. The SMILES string of the molecule is Nc1ccc2cc(OCCCc3cn(CCCOc4ccc5nc(N)ccc5c4)nn3)ccc2n1. The summed E-state index contributed by atoms with van der Waals surface area (Å²) in [5, 5.41) is 10.5. The van der Waals surface area contributed by atoms with Crippen LogP contribution in [0.1, 0.15) is 18.5 Å². The number of nitrogens with two attached hydrogens (primary N) is 2. The Kier molecular flexibility index (Phi) is 6.56. The number of aryl methyl sites for hydroxylation is 2. The third-order valence-corrected chi connectivity index (χ3v) is 5.60. The molecule has 4 N–H and O–H groups in total. The molecule has 0 aliphatic carbocycles. The topological polar surface area (TPSA) is 127 Å². The van der Waals surface area contributed by atoms with Gasteiger partial charge in [-0.2, -0.15) is 0 Å². The Balaban J connectivity index is 1.03. The van der Waals surface area contributed by atoms with Crippen LogP contribution in [-0.2, 0) is 13.0 Å². The van der Waals surface area contributed by atoms with Crippen molar-refractivity contribution in [2.24, 2.45) is 0 Å². The molecule has 0 amide bonds. The maximum Gasteiger partial charge on any atom is 0.124 e. The molecule has 178 valence electrons. The molecule has 0 aliphatic heterocycles. The molecule has 0 atom stereocenters. The Morgan fingerprint density at radius 1 is 0.714 bits per heavy atom. The lowest BCUT2D eigenvalue weighted by atomic mass is 10.2. The van der Waals surface area contributed by atoms with Crippen LogP contribution in [0.3, 0.4) is 0 Å². The zero-order valence-electron chi connectivity index (χ0n) is 19.3. The maximum atomic E-state index is 5.89. The first-order valence-corrected chi connectivity index (χ1v) is 11.6. The standard InChI is InChI=1S/C26H27N7O2/c27-25-10-4-18-15-21(6-8-23(18)29-25)34-13-1-3-20-17-33(32-31-20)12-2-14-35-22-7-9-24-19(16-22)5-11-26(28)30-24/h4-11,15-17H,1-3,12-14H2,(H2,27,29)(H2,28,30). The van der Waals surface area contributed by atoms with Crippen molar-refractivity contribution in [2.75, 3.05) is 24.7 Å². The molecule has 3 heterocycles. The van der Waals surface area contributed by atoms with Gasteiger partial charge in [-0.1, -0.05) is 5.21 Å². The van der Waals surface area contributed by atoms with E-state index in [1.54, 1.807) is 12.1 Å². The number of nitrogens with zero attached hydrogens (tertiary/aromatic N) is 5. The van der Waals surface area contributed by atoms with Gasteiger partial charge in [0.05, 0.1) is 29.9 Å². The van der Waals surface area contributed by atoms with Gasteiger partial charge in [0.1, 0.15) is 23.1 Å². The molecular formula is C26H27N7O2. The second-order valence-corrected chi connectivity index (χ2v) is 8.31. The third kappa shape index (κ3) is 5.75. The number of rotatable bonds is 10. The van der Waals surface area contributed by atoms with Gasteiger partial charge >= 0.3 is 0 Å². The summed E-state index contributed by atoms with van der Waals surface area (Å²) in [7, 11) is 0. The highest BCUT2D eigenvalue weighted by molar-refractivity contribution is 5.82. The van der Waals surface area contributed by atoms with Crippen LogP contribution in [0.5, 0.6) is 11.5 Å². The first-order chi connectivity index (χ1) is 17.1. The number of ether oxygens (including phenoxy) is 2. The number of benzene rings is 2. The summed E-state index contributed by atoms with van der Waals surface area (Å²) in [5.41, 5.74) is 14.1. The van der Waals surface area contributed by atoms with Crippen molar-refractivity contribution in [2.45, 2.75) is 25.8 Å². The fraction of sp³-hybridized carbons (Fsp3) is 0.231. The monoisotopic (exact) mass is 469 g/mol. The van der Waals surface area contributed by atoms with Gasteiger partial charge in [-0.3, -0.25) is 4.68 Å². The summed E-state index contributed by atoms with van der Waals surface area (Å²) in [6.07, 6.45) is 4.46. The first kappa shape index (κ1) is 22.4. The van der Waals surface area contributed by atoms with Gasteiger partial charge in [0, 0.05) is 29.9 Å². The van der Waals surface area contributed by atoms with Crippen LogP contribution in [0.25, 0.3) is 21.8 Å². The molecule has 5 aromatic rings. The number of pyridine rings is 2. The maximum absolute atomic E-state index is 5.89. The molecule has 9 nitrogen and oxygen atoms in total. The second kappa shape index (κ2) is 10.3. The summed E-state index contributed by atoms with van der Waals surface area (Å²) in [6.45, 7) is 1.93. The molecule has 0 spiro atoms. The van der Waals surface area contributed by atoms with Crippen molar-refractivity contribution in [1.82, 2.24) is 25.0 Å². The Morgan fingerprint density at radius 3 is 1.94 bits per heavy atom. The Bertz CT molecular complexity index is 1340. The van der Waals surface area contributed by atoms with E-state index >= 15 is 0 Å². The normalized spacial score (nSPS) is 11.2. The zero-order chi connectivity index (χ0) is 24.0. The highest BCUT2D eigenvalue weighted by Crippen LogP contribution is 2.22. The molecule has 0 unspecified atom stereocenters. The summed E-state index contributed by atoms with van der Waals surface area (Å²) < 4.78 is 13.6. The van der Waals surface area contributed by atoms with Crippen LogP contribution in [0.15, 0.2) is 66.9 Å². The van der Waals surface area contributed by atoms with E-state index in [0.29, 0.717) is 24.8 Å². The van der Waals surface area contributed by atoms with Crippen LogP contribution in [0, 0.1) is 0 Å². The van der Waals surface area contributed by atoms with E-state index in [-0.39, 0.29) is 0 Å². The number of nitrogen functional groups attached to an aromatic ring is 2. The Labute approximate surface area is 202 Å². The fourth-order valence-electron chi connectivity index (χ4n) is 3.84. The van der Waals surface area contributed by atoms with Crippen LogP contribution in [0.2, 0.25) is 0 Å². The Morgan fingerprint density at radius 2 is 1.31 bits per heavy atom. The average Bonchev–Trinajstić information content (AvgIpc) is 3.32. The predicted molar refractivity (Wildman–Crippen MR) is 136 cm³/mol. The van der Waals surface area contributed by atoms with Crippen molar-refractivity contribution < 1.29 is 9.47 Å². The van der Waals surface area contributed by atoms with E-state index in [9.17, 15) is 0 Å². The van der Waals surface area contributed by atoms with Crippen molar-refractivity contribution in [3.63, 3.8) is 0 Å². The molecule has 2 aromatic carbocycles. The van der Waals surface area contributed by atoms with E-state index < -0.39 is 0 Å². The lowest BCUT2D eigenvalue weighted by molar-refractivity contribution is 0.298. The van der Waals surface area contributed by atoms with E-state index in [0.717, 1.165) is 64.8 Å². The molecule has 0 radical (unpaired) electrons. The van der Waals surface area contributed by atoms with Gasteiger partial charge in [-0.05, 0) is 73.5 Å². The van der Waals surface area contributed by atoms with Crippen LogP contribution < -0.4 is 20.9 Å². The Hall–Kier alpha value is -4.40. The summed E-state index contributed by atoms with van der Waals surface area (Å²) >= 11 is 0. The van der Waals surface area contributed by atoms with Crippen LogP contribution in [0.4, 0.5) is 11.6 Å². The third-order valence-electron chi connectivity index (χ3n) is 5.60. The quantitative estimate of drug-likeness (QED) is 0.294. The summed E-state index contributed by atoms with van der Waals surface area (Å²) in [4.78, 5) is 8.60. The highest BCUT2D eigenvalue weighted by atomic mass is 16.5. The number of anilines is 2. The molecule has 5 rings (SSSR count). The van der Waals surface area contributed by atoms with Gasteiger partial charge in [-0.25, -0.2) is 9.97 Å². The molecule has 0 saturated heterocycles. The number of aromatic nitrogens is 5. The first-order valence-electron chi connectivity index (χ1n) is 11.6. The minimum atomic E-state index is 0.514. The fourth-order valence-corrected chi connectivity index (χ4v) is 3.84. The largest absolute Gasteiger partial charge is 0.494 e. The molecule has 35 heavy (non-hydrogen) atoms. The highest BCUT2D eigenvalue weighted by Gasteiger charge is 2.04. The molecule has 0 saturated carbocycles. The summed E-state index contributed by atoms with van der Waals surface area (Å²) in [6, 6.07) is 19.1. The van der Waals surface area contributed by atoms with E-state index in [4.69, 9.17) is 20.9 Å². The van der Waals surface area contributed by atoms with E-state index in [1.807, 2.05) is 59.4 Å². The van der Waals surface area contributed by atoms with Gasteiger partial charge in [0.2, 0.25) is 0 Å². The second-order valence-electron chi connectivity index (χ2n) is 8.31. The minimum absolute atomic E-state index is 0.514. The smallest absolute Gasteiger partial charge is 0.124 e.